The molecule has 1 aromatic carbocycles. The summed E-state index contributed by atoms with van der Waals surface area (Å²) in [6.07, 6.45) is 1.83. The molecule has 0 spiro atoms. The van der Waals surface area contributed by atoms with Crippen molar-refractivity contribution in [1.82, 2.24) is 4.98 Å². The maximum Gasteiger partial charge on any atom is 0.274 e. The second-order valence-electron chi connectivity index (χ2n) is 6.24. The van der Waals surface area contributed by atoms with Crippen LogP contribution in [-0.4, -0.2) is 43.9 Å². The standard InChI is InChI=1S/C17H16F3N3O3S/c1-23(11-5-7-27(25,26)9-11)10-4-6-21-14(8-10)17(24)22-13-3-2-12(18)15(19)16(13)20/h2-4,6,8,11H,5,7,9H2,1H3,(H,22,24). The Kier molecular flexibility index (Phi) is 5.09. The summed E-state index contributed by atoms with van der Waals surface area (Å²) < 4.78 is 63.2. The van der Waals surface area contributed by atoms with Crippen molar-refractivity contribution in [1.29, 1.82) is 0 Å². The smallest absolute Gasteiger partial charge is 0.274 e. The molecule has 2 heterocycles. The Labute approximate surface area is 153 Å². The van der Waals surface area contributed by atoms with E-state index in [2.05, 4.69) is 10.3 Å². The van der Waals surface area contributed by atoms with Gasteiger partial charge in [0.1, 0.15) is 5.69 Å². The number of carbonyl (C=O) groups is 1. The van der Waals surface area contributed by atoms with E-state index in [0.29, 0.717) is 18.2 Å². The van der Waals surface area contributed by atoms with Gasteiger partial charge < -0.3 is 10.2 Å². The summed E-state index contributed by atoms with van der Waals surface area (Å²) in [6, 6.07) is 4.41. The van der Waals surface area contributed by atoms with Gasteiger partial charge in [-0.25, -0.2) is 21.6 Å². The fourth-order valence-electron chi connectivity index (χ4n) is 2.86. The number of amides is 1. The Morgan fingerprint density at radius 2 is 1.96 bits per heavy atom. The molecule has 0 saturated carbocycles. The summed E-state index contributed by atoms with van der Waals surface area (Å²) in [5.41, 5.74) is -0.0336. The van der Waals surface area contributed by atoms with Gasteiger partial charge in [0, 0.05) is 25.0 Å². The monoisotopic (exact) mass is 399 g/mol. The van der Waals surface area contributed by atoms with Crippen LogP contribution in [0.25, 0.3) is 0 Å². The number of hydrogen-bond acceptors (Lipinski definition) is 5. The molecular formula is C17H16F3N3O3S. The highest BCUT2D eigenvalue weighted by atomic mass is 32.2. The largest absolute Gasteiger partial charge is 0.370 e. The van der Waals surface area contributed by atoms with Gasteiger partial charge in [-0.2, -0.15) is 0 Å². The van der Waals surface area contributed by atoms with Crippen LogP contribution in [0.3, 0.4) is 0 Å². The number of rotatable bonds is 4. The van der Waals surface area contributed by atoms with Gasteiger partial charge in [0.2, 0.25) is 0 Å². The van der Waals surface area contributed by atoms with Crippen LogP contribution < -0.4 is 10.2 Å². The lowest BCUT2D eigenvalue weighted by Gasteiger charge is -2.25. The van der Waals surface area contributed by atoms with Crippen LogP contribution in [0.1, 0.15) is 16.9 Å². The Morgan fingerprint density at radius 1 is 1.22 bits per heavy atom. The van der Waals surface area contributed by atoms with Crippen LogP contribution >= 0.6 is 0 Å². The molecule has 0 radical (unpaired) electrons. The van der Waals surface area contributed by atoms with Gasteiger partial charge in [-0.1, -0.05) is 0 Å². The van der Waals surface area contributed by atoms with Crippen LogP contribution in [0.2, 0.25) is 0 Å². The third-order valence-electron chi connectivity index (χ3n) is 4.42. The highest BCUT2D eigenvalue weighted by Gasteiger charge is 2.31. The fraction of sp³-hybridized carbons (Fsp3) is 0.294. The van der Waals surface area contributed by atoms with E-state index in [4.69, 9.17) is 0 Å². The molecule has 27 heavy (non-hydrogen) atoms. The third kappa shape index (κ3) is 4.05. The molecule has 1 unspecified atom stereocenters. The lowest BCUT2D eigenvalue weighted by atomic mass is 10.2. The predicted molar refractivity (Wildman–Crippen MR) is 94.0 cm³/mol. The molecule has 1 saturated heterocycles. The maximum absolute atomic E-state index is 13.7. The first kappa shape index (κ1) is 19.2. The average Bonchev–Trinajstić information content (AvgIpc) is 3.01. The van der Waals surface area contributed by atoms with E-state index < -0.39 is 38.9 Å². The lowest BCUT2D eigenvalue weighted by Crippen LogP contribution is -2.32. The fourth-order valence-corrected chi connectivity index (χ4v) is 4.64. The topological polar surface area (TPSA) is 79.4 Å². The molecular weight excluding hydrogens is 383 g/mol. The number of sulfone groups is 1. The maximum atomic E-state index is 13.7. The molecule has 0 bridgehead atoms. The summed E-state index contributed by atoms with van der Waals surface area (Å²) >= 11 is 0. The number of anilines is 2. The quantitative estimate of drug-likeness (QED) is 0.799. The summed E-state index contributed by atoms with van der Waals surface area (Å²) in [5.74, 6) is -5.24. The average molecular weight is 399 g/mol. The van der Waals surface area contributed by atoms with Gasteiger partial charge in [0.15, 0.2) is 27.3 Å². The summed E-state index contributed by atoms with van der Waals surface area (Å²) in [7, 11) is -1.37. The molecule has 1 amide bonds. The van der Waals surface area contributed by atoms with Crippen molar-refractivity contribution < 1.29 is 26.4 Å². The van der Waals surface area contributed by atoms with E-state index >= 15 is 0 Å². The van der Waals surface area contributed by atoms with Crippen molar-refractivity contribution in [2.45, 2.75) is 12.5 Å². The Morgan fingerprint density at radius 3 is 2.63 bits per heavy atom. The second kappa shape index (κ2) is 7.18. The van der Waals surface area contributed by atoms with Crippen LogP contribution in [0, 0.1) is 17.5 Å². The molecule has 10 heteroatoms. The zero-order chi connectivity index (χ0) is 19.8. The van der Waals surface area contributed by atoms with Crippen LogP contribution in [0.4, 0.5) is 24.5 Å². The molecule has 1 N–H and O–H groups in total. The molecule has 1 aliphatic rings. The van der Waals surface area contributed by atoms with Crippen LogP contribution in [0.15, 0.2) is 30.5 Å². The number of benzene rings is 1. The van der Waals surface area contributed by atoms with Crippen molar-refractivity contribution in [2.24, 2.45) is 0 Å². The SMILES string of the molecule is CN(c1ccnc(C(=O)Nc2ccc(F)c(F)c2F)c1)C1CCS(=O)(=O)C1. The Balaban J connectivity index is 1.79. The molecule has 144 valence electrons. The number of pyridine rings is 1. The van der Waals surface area contributed by atoms with Crippen LogP contribution in [0.5, 0.6) is 0 Å². The molecule has 1 fully saturated rings. The van der Waals surface area contributed by atoms with Gasteiger partial charge in [-0.15, -0.1) is 0 Å². The molecule has 1 aromatic heterocycles. The number of carbonyl (C=O) groups excluding carboxylic acids is 1. The first-order valence-corrected chi connectivity index (χ1v) is 9.84. The summed E-state index contributed by atoms with van der Waals surface area (Å²) in [6.45, 7) is 0. The molecule has 6 nitrogen and oxygen atoms in total. The number of aromatic nitrogens is 1. The van der Waals surface area contributed by atoms with Gasteiger partial charge in [-0.05, 0) is 30.7 Å². The number of nitrogens with zero attached hydrogens (tertiary/aromatic N) is 2. The van der Waals surface area contributed by atoms with Gasteiger partial charge in [-0.3, -0.25) is 9.78 Å². The van der Waals surface area contributed by atoms with Crippen molar-refractivity contribution in [3.63, 3.8) is 0 Å². The minimum Gasteiger partial charge on any atom is -0.370 e. The normalized spacial score (nSPS) is 18.3. The van der Waals surface area contributed by atoms with E-state index in [1.165, 1.54) is 12.3 Å². The molecule has 1 aliphatic heterocycles. The van der Waals surface area contributed by atoms with Crippen molar-refractivity contribution >= 4 is 27.1 Å². The number of nitrogens with one attached hydrogen (secondary N) is 1. The van der Waals surface area contributed by atoms with Gasteiger partial charge in [0.05, 0.1) is 17.2 Å². The molecule has 1 atom stereocenters. The van der Waals surface area contributed by atoms with Gasteiger partial charge >= 0.3 is 0 Å². The van der Waals surface area contributed by atoms with E-state index in [1.807, 2.05) is 0 Å². The zero-order valence-electron chi connectivity index (χ0n) is 14.2. The molecule has 2 aromatic rings. The van der Waals surface area contributed by atoms with Crippen molar-refractivity contribution in [2.75, 3.05) is 28.8 Å². The minimum atomic E-state index is -3.07. The Hall–Kier alpha value is -2.62. The summed E-state index contributed by atoms with van der Waals surface area (Å²) in [5, 5.41) is 2.15. The van der Waals surface area contributed by atoms with E-state index in [9.17, 15) is 26.4 Å². The van der Waals surface area contributed by atoms with E-state index in [0.717, 1.165) is 6.07 Å². The zero-order valence-corrected chi connectivity index (χ0v) is 15.1. The lowest BCUT2D eigenvalue weighted by molar-refractivity contribution is 0.102. The van der Waals surface area contributed by atoms with E-state index in [1.54, 1.807) is 18.0 Å². The third-order valence-corrected chi connectivity index (χ3v) is 6.17. The van der Waals surface area contributed by atoms with Crippen molar-refractivity contribution in [3.8, 4) is 0 Å². The minimum absolute atomic E-state index is 0.0213. The second-order valence-corrected chi connectivity index (χ2v) is 8.47. The molecule has 3 rings (SSSR count). The van der Waals surface area contributed by atoms with E-state index in [-0.39, 0.29) is 23.2 Å². The van der Waals surface area contributed by atoms with Crippen molar-refractivity contribution in [3.05, 3.63) is 53.6 Å². The first-order chi connectivity index (χ1) is 12.7. The highest BCUT2D eigenvalue weighted by Crippen LogP contribution is 2.24. The highest BCUT2D eigenvalue weighted by molar-refractivity contribution is 7.91. The number of hydrogen-bond donors (Lipinski definition) is 1. The van der Waals surface area contributed by atoms with Crippen LogP contribution in [-0.2, 0) is 9.84 Å². The summed E-state index contributed by atoms with van der Waals surface area (Å²) in [4.78, 5) is 17.9. The van der Waals surface area contributed by atoms with Gasteiger partial charge in [0.25, 0.3) is 5.91 Å². The number of halogens is 3. The predicted octanol–water partition coefficient (Wildman–Crippen LogP) is 2.37. The molecule has 0 aliphatic carbocycles. The first-order valence-electron chi connectivity index (χ1n) is 8.02. The Bertz CT molecular complexity index is 998.